The van der Waals surface area contributed by atoms with Crippen LogP contribution in [-0.4, -0.2) is 18.4 Å². The first-order valence-corrected chi connectivity index (χ1v) is 4.53. The van der Waals surface area contributed by atoms with Crippen molar-refractivity contribution in [2.24, 2.45) is 0 Å². The molecule has 0 N–H and O–H groups in total. The fourth-order valence-corrected chi connectivity index (χ4v) is 0.888. The van der Waals surface area contributed by atoms with Crippen LogP contribution in [0.15, 0.2) is 12.7 Å². The predicted molar refractivity (Wildman–Crippen MR) is 50.3 cm³/mol. The van der Waals surface area contributed by atoms with Gasteiger partial charge in [0.15, 0.2) is 0 Å². The highest BCUT2D eigenvalue weighted by atomic mass is 16.5. The van der Waals surface area contributed by atoms with Gasteiger partial charge >= 0.3 is 5.97 Å². The molecule has 0 aliphatic carbocycles. The molecule has 0 saturated carbocycles. The summed E-state index contributed by atoms with van der Waals surface area (Å²) in [4.78, 5) is 21.8. The zero-order valence-electron chi connectivity index (χ0n) is 8.04. The molecule has 13 heavy (non-hydrogen) atoms. The molecule has 0 aliphatic heterocycles. The largest absolute Gasteiger partial charge is 0.460 e. The summed E-state index contributed by atoms with van der Waals surface area (Å²) in [6.45, 7) is 5.51. The van der Waals surface area contributed by atoms with E-state index in [0.717, 1.165) is 19.3 Å². The third-order valence-corrected chi connectivity index (χ3v) is 1.57. The average molecular weight is 184 g/mol. The highest BCUT2D eigenvalue weighted by Crippen LogP contribution is 2.01. The quantitative estimate of drug-likeness (QED) is 0.262. The summed E-state index contributed by atoms with van der Waals surface area (Å²) in [5.74, 6) is -1.13. The number of hydrogen-bond acceptors (Lipinski definition) is 3. The predicted octanol–water partition coefficient (Wildman–Crippen LogP) is 1.86. The highest BCUT2D eigenvalue weighted by molar-refractivity contribution is 6.33. The van der Waals surface area contributed by atoms with Gasteiger partial charge in [0.1, 0.15) is 0 Å². The lowest BCUT2D eigenvalue weighted by atomic mass is 10.1. The van der Waals surface area contributed by atoms with E-state index in [1.807, 2.05) is 0 Å². The molecule has 0 fully saturated rings. The lowest BCUT2D eigenvalue weighted by Gasteiger charge is -1.99. The van der Waals surface area contributed by atoms with Crippen LogP contribution in [0.3, 0.4) is 0 Å². The number of ether oxygens (including phenoxy) is 1. The Morgan fingerprint density at radius 2 is 2.08 bits per heavy atom. The van der Waals surface area contributed by atoms with E-state index in [4.69, 9.17) is 0 Å². The van der Waals surface area contributed by atoms with Gasteiger partial charge in [0.05, 0.1) is 6.61 Å². The minimum absolute atomic E-state index is 0.261. The Bertz CT molecular complexity index is 185. The molecule has 3 heteroatoms. The van der Waals surface area contributed by atoms with Gasteiger partial charge in [-0.2, -0.15) is 0 Å². The van der Waals surface area contributed by atoms with Gasteiger partial charge in [-0.25, -0.2) is 4.79 Å². The van der Waals surface area contributed by atoms with Crippen molar-refractivity contribution in [1.82, 2.24) is 0 Å². The number of ketones is 1. The molecule has 0 saturated heterocycles. The van der Waals surface area contributed by atoms with Crippen molar-refractivity contribution >= 4 is 11.8 Å². The monoisotopic (exact) mass is 184 g/mol. The van der Waals surface area contributed by atoms with Crippen molar-refractivity contribution in [3.8, 4) is 0 Å². The summed E-state index contributed by atoms with van der Waals surface area (Å²) < 4.78 is 4.55. The van der Waals surface area contributed by atoms with Crippen LogP contribution in [0.25, 0.3) is 0 Å². The van der Waals surface area contributed by atoms with Gasteiger partial charge in [-0.1, -0.05) is 6.08 Å². The molecular formula is C10H16O3. The normalized spacial score (nSPS) is 9.31. The minimum atomic E-state index is -0.707. The molecule has 74 valence electrons. The number of unbranched alkanes of at least 4 members (excludes halogenated alkanes) is 2. The maximum atomic E-state index is 11.0. The summed E-state index contributed by atoms with van der Waals surface area (Å²) in [6.07, 6.45) is 4.59. The SMILES string of the molecule is C=CCCCCC(=O)C(=O)OCC. The second-order valence-electron chi connectivity index (χ2n) is 2.68. The van der Waals surface area contributed by atoms with E-state index in [1.165, 1.54) is 0 Å². The number of Topliss-reactive ketones (excluding diaryl/α,β-unsaturated/α-hetero) is 1. The van der Waals surface area contributed by atoms with Gasteiger partial charge in [0.25, 0.3) is 0 Å². The lowest BCUT2D eigenvalue weighted by molar-refractivity contribution is -0.153. The zero-order valence-corrected chi connectivity index (χ0v) is 8.04. The van der Waals surface area contributed by atoms with Crippen LogP contribution in [0.2, 0.25) is 0 Å². The second kappa shape index (κ2) is 7.53. The number of rotatable bonds is 7. The zero-order chi connectivity index (χ0) is 10.1. The summed E-state index contributed by atoms with van der Waals surface area (Å²) in [6, 6.07) is 0. The van der Waals surface area contributed by atoms with E-state index < -0.39 is 11.8 Å². The van der Waals surface area contributed by atoms with Gasteiger partial charge in [-0.05, 0) is 26.2 Å². The number of esters is 1. The Balaban J connectivity index is 3.50. The van der Waals surface area contributed by atoms with Crippen LogP contribution in [0.5, 0.6) is 0 Å². The Hall–Kier alpha value is -1.12. The Morgan fingerprint density at radius 3 is 2.62 bits per heavy atom. The number of allylic oxidation sites excluding steroid dienone is 1. The smallest absolute Gasteiger partial charge is 0.374 e. The molecular weight excluding hydrogens is 168 g/mol. The Labute approximate surface area is 78.8 Å². The van der Waals surface area contributed by atoms with E-state index in [1.54, 1.807) is 13.0 Å². The van der Waals surface area contributed by atoms with E-state index >= 15 is 0 Å². The van der Waals surface area contributed by atoms with Crippen LogP contribution in [0, 0.1) is 0 Å². The number of carbonyl (C=O) groups excluding carboxylic acids is 2. The van der Waals surface area contributed by atoms with Crippen molar-refractivity contribution in [1.29, 1.82) is 0 Å². The van der Waals surface area contributed by atoms with Crippen molar-refractivity contribution in [2.75, 3.05) is 6.61 Å². The van der Waals surface area contributed by atoms with Gasteiger partial charge in [0.2, 0.25) is 5.78 Å². The highest BCUT2D eigenvalue weighted by Gasteiger charge is 2.13. The lowest BCUT2D eigenvalue weighted by Crippen LogP contribution is -2.16. The summed E-state index contributed by atoms with van der Waals surface area (Å²) in [5.41, 5.74) is 0. The fourth-order valence-electron chi connectivity index (χ4n) is 0.888. The maximum absolute atomic E-state index is 11.0. The van der Waals surface area contributed by atoms with Gasteiger partial charge in [-0.15, -0.1) is 6.58 Å². The molecule has 0 aromatic carbocycles. The molecule has 0 bridgehead atoms. The van der Waals surface area contributed by atoms with E-state index in [9.17, 15) is 9.59 Å². The molecule has 0 unspecified atom stereocenters. The van der Waals surface area contributed by atoms with Crippen LogP contribution in [-0.2, 0) is 14.3 Å². The minimum Gasteiger partial charge on any atom is -0.460 e. The summed E-state index contributed by atoms with van der Waals surface area (Å²) in [7, 11) is 0. The first-order valence-electron chi connectivity index (χ1n) is 4.53. The molecule has 0 aromatic heterocycles. The molecule has 0 aromatic rings. The van der Waals surface area contributed by atoms with Crippen LogP contribution < -0.4 is 0 Å². The fraction of sp³-hybridized carbons (Fsp3) is 0.600. The van der Waals surface area contributed by atoms with Gasteiger partial charge in [-0.3, -0.25) is 4.79 Å². The van der Waals surface area contributed by atoms with Crippen molar-refractivity contribution in [3.63, 3.8) is 0 Å². The Kier molecular flexibility index (Phi) is 6.88. The molecule has 0 rings (SSSR count). The summed E-state index contributed by atoms with van der Waals surface area (Å²) >= 11 is 0. The van der Waals surface area contributed by atoms with Gasteiger partial charge < -0.3 is 4.74 Å². The van der Waals surface area contributed by atoms with Crippen LogP contribution in [0.4, 0.5) is 0 Å². The molecule has 0 amide bonds. The van der Waals surface area contributed by atoms with Crippen molar-refractivity contribution < 1.29 is 14.3 Å². The van der Waals surface area contributed by atoms with Crippen molar-refractivity contribution in [2.45, 2.75) is 32.6 Å². The molecule has 0 heterocycles. The Morgan fingerprint density at radius 1 is 1.38 bits per heavy atom. The third-order valence-electron chi connectivity index (χ3n) is 1.57. The summed E-state index contributed by atoms with van der Waals surface area (Å²) in [5, 5.41) is 0. The first-order chi connectivity index (χ1) is 6.22. The maximum Gasteiger partial charge on any atom is 0.374 e. The van der Waals surface area contributed by atoms with Gasteiger partial charge in [0, 0.05) is 6.42 Å². The van der Waals surface area contributed by atoms with E-state index in [-0.39, 0.29) is 13.0 Å². The van der Waals surface area contributed by atoms with Crippen LogP contribution in [0.1, 0.15) is 32.6 Å². The van der Waals surface area contributed by atoms with Crippen molar-refractivity contribution in [3.05, 3.63) is 12.7 Å². The molecule has 0 atom stereocenters. The third kappa shape index (κ3) is 6.08. The number of hydrogen-bond donors (Lipinski definition) is 0. The molecule has 3 nitrogen and oxygen atoms in total. The van der Waals surface area contributed by atoms with E-state index in [0.29, 0.717) is 0 Å². The molecule has 0 radical (unpaired) electrons. The first kappa shape index (κ1) is 11.9. The molecule has 0 aliphatic rings. The molecule has 0 spiro atoms. The number of carbonyl (C=O) groups is 2. The standard InChI is InChI=1S/C10H16O3/c1-3-5-6-7-8-9(11)10(12)13-4-2/h3H,1,4-8H2,2H3. The average Bonchev–Trinajstić information content (AvgIpc) is 2.12. The van der Waals surface area contributed by atoms with Crippen LogP contribution >= 0.6 is 0 Å². The second-order valence-corrected chi connectivity index (χ2v) is 2.68. The topological polar surface area (TPSA) is 43.4 Å². The van der Waals surface area contributed by atoms with E-state index in [2.05, 4.69) is 11.3 Å².